The highest BCUT2D eigenvalue weighted by molar-refractivity contribution is 5.93. The van der Waals surface area contributed by atoms with Gasteiger partial charge in [0, 0.05) is 11.3 Å². The fourth-order valence-electron chi connectivity index (χ4n) is 2.39. The molecule has 0 saturated heterocycles. The lowest BCUT2D eigenvalue weighted by atomic mass is 10.2. The summed E-state index contributed by atoms with van der Waals surface area (Å²) < 4.78 is 4.93. The number of hydrogen-bond acceptors (Lipinski definition) is 3. The monoisotopic (exact) mass is 327 g/mol. The summed E-state index contributed by atoms with van der Waals surface area (Å²) in [5.74, 6) is -0.422. The molecule has 1 unspecified atom stereocenters. The second kappa shape index (κ2) is 8.84. The Morgan fingerprint density at radius 3 is 2.33 bits per heavy atom. The van der Waals surface area contributed by atoms with E-state index in [0.717, 1.165) is 11.4 Å². The molecule has 0 aliphatic carbocycles. The van der Waals surface area contributed by atoms with Gasteiger partial charge in [-0.15, -0.1) is 0 Å². The molecule has 0 aliphatic heterocycles. The van der Waals surface area contributed by atoms with E-state index in [2.05, 4.69) is 17.4 Å². The third-order valence-corrected chi connectivity index (χ3v) is 3.49. The van der Waals surface area contributed by atoms with Crippen molar-refractivity contribution in [2.45, 2.75) is 13.5 Å². The molecule has 0 heterocycles. The number of carbonyl (C=O) groups is 2. The first kappa shape index (κ1) is 17.7. The molecule has 0 fully saturated rings. The lowest BCUT2D eigenvalue weighted by molar-refractivity contribution is -0.885. The summed E-state index contributed by atoms with van der Waals surface area (Å²) in [6, 6.07) is 16.8. The number of likely N-dealkylation sites (N-methyl/N-ethyl adjacent to an activating group) is 1. The number of benzene rings is 2. The number of amides is 1. The first-order chi connectivity index (χ1) is 11.6. The number of nitrogens with one attached hydrogen (secondary N) is 2. The molecule has 0 saturated carbocycles. The standard InChI is InChI=1S/C19H22N2O3/c1-3-24-19(23)16-9-11-17(12-10-16)20-18(22)14-21(2)13-15-7-5-4-6-8-15/h4-12H,3,13-14H2,1-2H3,(H,20,22)/p+1. The van der Waals surface area contributed by atoms with Crippen LogP contribution in [0.1, 0.15) is 22.8 Å². The van der Waals surface area contributed by atoms with Crippen molar-refractivity contribution in [1.29, 1.82) is 0 Å². The molecule has 2 aromatic carbocycles. The van der Waals surface area contributed by atoms with E-state index in [0.29, 0.717) is 24.4 Å². The van der Waals surface area contributed by atoms with E-state index in [9.17, 15) is 9.59 Å². The molecule has 5 heteroatoms. The Bertz CT molecular complexity index is 669. The molecule has 0 radical (unpaired) electrons. The third kappa shape index (κ3) is 5.52. The molecule has 2 N–H and O–H groups in total. The summed E-state index contributed by atoms with van der Waals surface area (Å²) in [5, 5.41) is 2.84. The first-order valence-corrected chi connectivity index (χ1v) is 8.00. The van der Waals surface area contributed by atoms with Crippen LogP contribution in [0.2, 0.25) is 0 Å². The van der Waals surface area contributed by atoms with Gasteiger partial charge in [-0.3, -0.25) is 4.79 Å². The van der Waals surface area contributed by atoms with E-state index in [1.54, 1.807) is 31.2 Å². The average Bonchev–Trinajstić information content (AvgIpc) is 2.56. The van der Waals surface area contributed by atoms with Crippen molar-refractivity contribution in [3.63, 3.8) is 0 Å². The average molecular weight is 327 g/mol. The minimum atomic E-state index is -0.359. The van der Waals surface area contributed by atoms with E-state index >= 15 is 0 Å². The number of carbonyl (C=O) groups excluding carboxylic acids is 2. The van der Waals surface area contributed by atoms with Crippen molar-refractivity contribution in [2.24, 2.45) is 0 Å². The van der Waals surface area contributed by atoms with Crippen LogP contribution in [-0.4, -0.2) is 32.1 Å². The lowest BCUT2D eigenvalue weighted by Gasteiger charge is -2.14. The summed E-state index contributed by atoms with van der Waals surface area (Å²) >= 11 is 0. The van der Waals surface area contributed by atoms with Crippen LogP contribution < -0.4 is 10.2 Å². The normalized spacial score (nSPS) is 11.6. The third-order valence-electron chi connectivity index (χ3n) is 3.49. The number of hydrogen-bond donors (Lipinski definition) is 2. The van der Waals surface area contributed by atoms with E-state index in [1.165, 1.54) is 5.56 Å². The van der Waals surface area contributed by atoms with Gasteiger partial charge in [-0.25, -0.2) is 4.79 Å². The van der Waals surface area contributed by atoms with E-state index in [-0.39, 0.29) is 11.9 Å². The molecule has 2 rings (SSSR count). The van der Waals surface area contributed by atoms with Crippen molar-refractivity contribution in [3.8, 4) is 0 Å². The van der Waals surface area contributed by atoms with Crippen molar-refractivity contribution in [1.82, 2.24) is 0 Å². The fourth-order valence-corrected chi connectivity index (χ4v) is 2.39. The number of rotatable bonds is 7. The van der Waals surface area contributed by atoms with Gasteiger partial charge in [0.05, 0.1) is 19.2 Å². The molecule has 126 valence electrons. The highest BCUT2D eigenvalue weighted by Crippen LogP contribution is 2.10. The number of anilines is 1. The fraction of sp³-hybridized carbons (Fsp3) is 0.263. The van der Waals surface area contributed by atoms with Crippen molar-refractivity contribution >= 4 is 17.6 Å². The zero-order valence-electron chi connectivity index (χ0n) is 14.0. The summed E-state index contributed by atoms with van der Waals surface area (Å²) in [5.41, 5.74) is 2.34. The topological polar surface area (TPSA) is 59.8 Å². The van der Waals surface area contributed by atoms with Gasteiger partial charge >= 0.3 is 5.97 Å². The van der Waals surface area contributed by atoms with Crippen LogP contribution in [0.3, 0.4) is 0 Å². The van der Waals surface area contributed by atoms with Gasteiger partial charge in [0.2, 0.25) is 0 Å². The Labute approximate surface area is 142 Å². The maximum atomic E-state index is 12.1. The summed E-state index contributed by atoms with van der Waals surface area (Å²) in [7, 11) is 1.98. The molecular weight excluding hydrogens is 304 g/mol. The van der Waals surface area contributed by atoms with Gasteiger partial charge in [-0.2, -0.15) is 0 Å². The van der Waals surface area contributed by atoms with Gasteiger partial charge in [0.1, 0.15) is 6.54 Å². The van der Waals surface area contributed by atoms with E-state index < -0.39 is 0 Å². The number of ether oxygens (including phenoxy) is 1. The van der Waals surface area contributed by atoms with Crippen LogP contribution in [0, 0.1) is 0 Å². The quantitative estimate of drug-likeness (QED) is 0.758. The minimum absolute atomic E-state index is 0.0627. The molecule has 0 spiro atoms. The maximum Gasteiger partial charge on any atom is 0.338 e. The largest absolute Gasteiger partial charge is 0.462 e. The Morgan fingerprint density at radius 1 is 1.04 bits per heavy atom. The molecule has 24 heavy (non-hydrogen) atoms. The van der Waals surface area contributed by atoms with Gasteiger partial charge < -0.3 is 15.0 Å². The zero-order valence-corrected chi connectivity index (χ0v) is 14.0. The Balaban J connectivity index is 1.84. The van der Waals surface area contributed by atoms with Crippen LogP contribution in [-0.2, 0) is 16.1 Å². The highest BCUT2D eigenvalue weighted by atomic mass is 16.5. The SMILES string of the molecule is CCOC(=O)c1ccc(NC(=O)C[NH+](C)Cc2ccccc2)cc1. The highest BCUT2D eigenvalue weighted by Gasteiger charge is 2.11. The summed E-state index contributed by atoms with van der Waals surface area (Å²) in [4.78, 5) is 24.8. The Kier molecular flexibility index (Phi) is 6.51. The molecule has 1 amide bonds. The van der Waals surface area contributed by atoms with Crippen molar-refractivity contribution in [2.75, 3.05) is 25.5 Å². The van der Waals surface area contributed by atoms with Crippen LogP contribution in [0.15, 0.2) is 54.6 Å². The lowest BCUT2D eigenvalue weighted by Crippen LogP contribution is -3.08. The Morgan fingerprint density at radius 2 is 1.71 bits per heavy atom. The zero-order chi connectivity index (χ0) is 17.4. The van der Waals surface area contributed by atoms with Crippen LogP contribution >= 0.6 is 0 Å². The van der Waals surface area contributed by atoms with Crippen LogP contribution in [0.25, 0.3) is 0 Å². The van der Waals surface area contributed by atoms with E-state index in [1.807, 2.05) is 25.2 Å². The molecule has 0 aliphatic rings. The maximum absolute atomic E-state index is 12.1. The molecule has 5 nitrogen and oxygen atoms in total. The molecule has 0 bridgehead atoms. The van der Waals surface area contributed by atoms with Crippen molar-refractivity contribution < 1.29 is 19.2 Å². The molecule has 2 aromatic rings. The van der Waals surface area contributed by atoms with Gasteiger partial charge in [-0.1, -0.05) is 30.3 Å². The van der Waals surface area contributed by atoms with Gasteiger partial charge in [-0.05, 0) is 31.2 Å². The number of esters is 1. The second-order valence-electron chi connectivity index (χ2n) is 5.64. The van der Waals surface area contributed by atoms with Crippen LogP contribution in [0.5, 0.6) is 0 Å². The second-order valence-corrected chi connectivity index (χ2v) is 5.64. The predicted octanol–water partition coefficient (Wildman–Crippen LogP) is 1.52. The predicted molar refractivity (Wildman–Crippen MR) is 92.9 cm³/mol. The summed E-state index contributed by atoms with van der Waals surface area (Å²) in [6.45, 7) is 3.26. The smallest absolute Gasteiger partial charge is 0.338 e. The number of quaternary nitrogens is 1. The Hall–Kier alpha value is -2.66. The first-order valence-electron chi connectivity index (χ1n) is 8.00. The van der Waals surface area contributed by atoms with Gasteiger partial charge in [0.25, 0.3) is 5.91 Å². The van der Waals surface area contributed by atoms with Crippen LogP contribution in [0.4, 0.5) is 5.69 Å². The molecule has 1 atom stereocenters. The van der Waals surface area contributed by atoms with E-state index in [4.69, 9.17) is 4.74 Å². The summed E-state index contributed by atoms with van der Waals surface area (Å²) in [6.07, 6.45) is 0. The minimum Gasteiger partial charge on any atom is -0.462 e. The van der Waals surface area contributed by atoms with Crippen molar-refractivity contribution in [3.05, 3.63) is 65.7 Å². The molecule has 0 aromatic heterocycles. The molecular formula is C19H23N2O3+. The van der Waals surface area contributed by atoms with Gasteiger partial charge in [0.15, 0.2) is 6.54 Å².